The minimum absolute atomic E-state index is 0.0387. The van der Waals surface area contributed by atoms with Gasteiger partial charge in [0.2, 0.25) is 0 Å². The van der Waals surface area contributed by atoms with Crippen LogP contribution in [0, 0.1) is 11.6 Å². The van der Waals surface area contributed by atoms with Crippen LogP contribution in [0.15, 0.2) is 36.4 Å². The molecule has 0 spiro atoms. The van der Waals surface area contributed by atoms with Gasteiger partial charge in [-0.05, 0) is 24.3 Å². The van der Waals surface area contributed by atoms with Crippen molar-refractivity contribution in [1.29, 1.82) is 0 Å². The third-order valence-corrected chi connectivity index (χ3v) is 2.92. The van der Waals surface area contributed by atoms with Crippen LogP contribution in [0.3, 0.4) is 0 Å². The monoisotopic (exact) mass is 298 g/mol. The Bertz CT molecular complexity index is 659. The fourth-order valence-electron chi connectivity index (χ4n) is 1.58. The number of aromatic carboxylic acids is 1. The Morgan fingerprint density at radius 2 is 2.00 bits per heavy atom. The third-order valence-electron chi connectivity index (χ3n) is 2.59. The molecule has 0 saturated heterocycles. The molecule has 0 atom stereocenters. The van der Waals surface area contributed by atoms with Crippen molar-refractivity contribution in [3.8, 4) is 5.75 Å². The largest absolute Gasteiger partial charge is 0.489 e. The number of carbonyl (C=O) groups is 1. The molecule has 20 heavy (non-hydrogen) atoms. The van der Waals surface area contributed by atoms with E-state index in [1.165, 1.54) is 30.3 Å². The van der Waals surface area contributed by atoms with Crippen LogP contribution in [0.25, 0.3) is 0 Å². The average Bonchev–Trinajstić information content (AvgIpc) is 2.41. The highest BCUT2D eigenvalue weighted by Gasteiger charge is 2.11. The van der Waals surface area contributed by atoms with Crippen molar-refractivity contribution < 1.29 is 23.4 Å². The first-order chi connectivity index (χ1) is 9.49. The number of benzene rings is 2. The fraction of sp³-hybridized carbons (Fsp3) is 0.0714. The Morgan fingerprint density at radius 1 is 1.25 bits per heavy atom. The lowest BCUT2D eigenvalue weighted by Gasteiger charge is -2.09. The maximum atomic E-state index is 13.4. The van der Waals surface area contributed by atoms with Crippen molar-refractivity contribution in [2.75, 3.05) is 0 Å². The minimum Gasteiger partial charge on any atom is -0.489 e. The van der Waals surface area contributed by atoms with Crippen LogP contribution in [0.4, 0.5) is 8.78 Å². The molecule has 0 fully saturated rings. The predicted molar refractivity (Wildman–Crippen MR) is 69.1 cm³/mol. The van der Waals surface area contributed by atoms with Crippen molar-refractivity contribution in [2.24, 2.45) is 0 Å². The Balaban J connectivity index is 2.17. The number of hydrogen-bond acceptors (Lipinski definition) is 2. The first kappa shape index (κ1) is 14.3. The van der Waals surface area contributed by atoms with Gasteiger partial charge < -0.3 is 9.84 Å². The van der Waals surface area contributed by atoms with E-state index >= 15 is 0 Å². The number of hydrogen-bond donors (Lipinski definition) is 1. The zero-order valence-electron chi connectivity index (χ0n) is 10.1. The zero-order valence-corrected chi connectivity index (χ0v) is 10.8. The molecular formula is C14H9ClF2O3. The molecule has 0 unspecified atom stereocenters. The van der Waals surface area contributed by atoms with E-state index in [1.807, 2.05) is 0 Å². The lowest BCUT2D eigenvalue weighted by atomic mass is 10.2. The van der Waals surface area contributed by atoms with Gasteiger partial charge in [0.1, 0.15) is 12.4 Å². The van der Waals surface area contributed by atoms with E-state index in [-0.39, 0.29) is 28.5 Å². The Kier molecular flexibility index (Phi) is 4.20. The van der Waals surface area contributed by atoms with Gasteiger partial charge in [0.25, 0.3) is 0 Å². The molecule has 0 aromatic heterocycles. The van der Waals surface area contributed by atoms with Crippen molar-refractivity contribution in [3.05, 3.63) is 64.2 Å². The molecule has 2 aromatic carbocycles. The number of carboxylic acids is 1. The molecule has 104 valence electrons. The molecule has 1 N–H and O–H groups in total. The summed E-state index contributed by atoms with van der Waals surface area (Å²) in [6.45, 7) is -0.218. The SMILES string of the molecule is O=C(O)c1cc(OCc2cccc(F)c2F)ccc1Cl. The molecule has 0 aliphatic rings. The normalized spacial score (nSPS) is 10.3. The molecule has 0 bridgehead atoms. The lowest BCUT2D eigenvalue weighted by molar-refractivity contribution is 0.0696. The van der Waals surface area contributed by atoms with Crippen LogP contribution in [-0.2, 0) is 6.61 Å². The molecule has 0 amide bonds. The highest BCUT2D eigenvalue weighted by Crippen LogP contribution is 2.23. The van der Waals surface area contributed by atoms with Crippen molar-refractivity contribution >= 4 is 17.6 Å². The molecule has 2 rings (SSSR count). The highest BCUT2D eigenvalue weighted by molar-refractivity contribution is 6.33. The standard InChI is InChI=1S/C14H9ClF2O3/c15-11-5-4-9(6-10(11)14(18)19)20-7-8-2-1-3-12(16)13(8)17/h1-6H,7H2,(H,18,19). The van der Waals surface area contributed by atoms with Crippen LogP contribution in [-0.4, -0.2) is 11.1 Å². The first-order valence-electron chi connectivity index (χ1n) is 5.57. The minimum atomic E-state index is -1.20. The van der Waals surface area contributed by atoms with Crippen LogP contribution in [0.2, 0.25) is 5.02 Å². The van der Waals surface area contributed by atoms with Crippen LogP contribution in [0.1, 0.15) is 15.9 Å². The molecule has 0 aliphatic carbocycles. The van der Waals surface area contributed by atoms with Crippen molar-refractivity contribution in [2.45, 2.75) is 6.61 Å². The number of ether oxygens (including phenoxy) is 1. The van der Waals surface area contributed by atoms with Gasteiger partial charge in [-0.1, -0.05) is 23.7 Å². The van der Waals surface area contributed by atoms with Gasteiger partial charge in [-0.2, -0.15) is 0 Å². The maximum absolute atomic E-state index is 13.4. The quantitative estimate of drug-likeness (QED) is 0.931. The smallest absolute Gasteiger partial charge is 0.337 e. The Hall–Kier alpha value is -2.14. The van der Waals surface area contributed by atoms with E-state index in [0.29, 0.717) is 0 Å². The second-order valence-corrected chi connectivity index (χ2v) is 4.36. The van der Waals surface area contributed by atoms with Crippen molar-refractivity contribution in [1.82, 2.24) is 0 Å². The van der Waals surface area contributed by atoms with Crippen LogP contribution < -0.4 is 4.74 Å². The summed E-state index contributed by atoms with van der Waals surface area (Å²) in [7, 11) is 0. The van der Waals surface area contributed by atoms with E-state index < -0.39 is 17.6 Å². The molecule has 0 radical (unpaired) electrons. The molecule has 0 heterocycles. The fourth-order valence-corrected chi connectivity index (χ4v) is 1.78. The van der Waals surface area contributed by atoms with E-state index in [0.717, 1.165) is 6.07 Å². The van der Waals surface area contributed by atoms with Crippen LogP contribution in [0.5, 0.6) is 5.75 Å². The summed E-state index contributed by atoms with van der Waals surface area (Å²) in [5, 5.41) is 8.98. The predicted octanol–water partition coefficient (Wildman–Crippen LogP) is 3.90. The summed E-state index contributed by atoms with van der Waals surface area (Å²) >= 11 is 5.71. The van der Waals surface area contributed by atoms with Gasteiger partial charge in [-0.15, -0.1) is 0 Å². The van der Waals surface area contributed by atoms with E-state index in [2.05, 4.69) is 0 Å². The van der Waals surface area contributed by atoms with Gasteiger partial charge in [-0.3, -0.25) is 0 Å². The van der Waals surface area contributed by atoms with Gasteiger partial charge in [0, 0.05) is 5.56 Å². The van der Waals surface area contributed by atoms with Gasteiger partial charge in [0.05, 0.1) is 10.6 Å². The summed E-state index contributed by atoms with van der Waals surface area (Å²) in [6.07, 6.45) is 0. The topological polar surface area (TPSA) is 46.5 Å². The Morgan fingerprint density at radius 3 is 2.70 bits per heavy atom. The number of rotatable bonds is 4. The second-order valence-electron chi connectivity index (χ2n) is 3.95. The summed E-state index contributed by atoms with van der Waals surface area (Å²) in [5.74, 6) is -2.94. The number of carboxylic acid groups (broad SMARTS) is 1. The molecule has 0 saturated carbocycles. The number of halogens is 3. The van der Waals surface area contributed by atoms with E-state index in [4.69, 9.17) is 21.4 Å². The molecule has 3 nitrogen and oxygen atoms in total. The molecule has 6 heteroatoms. The van der Waals surface area contributed by atoms with Crippen molar-refractivity contribution in [3.63, 3.8) is 0 Å². The summed E-state index contributed by atoms with van der Waals surface area (Å²) in [4.78, 5) is 10.9. The molecule has 2 aromatic rings. The second kappa shape index (κ2) is 5.88. The van der Waals surface area contributed by atoms with Gasteiger partial charge in [0.15, 0.2) is 11.6 Å². The molecule has 0 aliphatic heterocycles. The highest BCUT2D eigenvalue weighted by atomic mass is 35.5. The zero-order chi connectivity index (χ0) is 14.7. The van der Waals surface area contributed by atoms with Gasteiger partial charge >= 0.3 is 5.97 Å². The Labute approximate surface area is 118 Å². The van der Waals surface area contributed by atoms with Crippen LogP contribution >= 0.6 is 11.6 Å². The first-order valence-corrected chi connectivity index (χ1v) is 5.95. The molecular weight excluding hydrogens is 290 g/mol. The summed E-state index contributed by atoms with van der Waals surface area (Å²) in [6, 6.07) is 7.79. The average molecular weight is 299 g/mol. The third kappa shape index (κ3) is 3.05. The van der Waals surface area contributed by atoms with E-state index in [1.54, 1.807) is 0 Å². The van der Waals surface area contributed by atoms with E-state index in [9.17, 15) is 13.6 Å². The summed E-state index contributed by atoms with van der Waals surface area (Å²) in [5.41, 5.74) is -0.0827. The maximum Gasteiger partial charge on any atom is 0.337 e. The summed E-state index contributed by atoms with van der Waals surface area (Å²) < 4.78 is 31.7. The lowest BCUT2D eigenvalue weighted by Crippen LogP contribution is -2.02. The van der Waals surface area contributed by atoms with Gasteiger partial charge in [-0.25, -0.2) is 13.6 Å².